The van der Waals surface area contributed by atoms with E-state index in [-0.39, 0.29) is 24.1 Å². The summed E-state index contributed by atoms with van der Waals surface area (Å²) in [5, 5.41) is 8.36. The number of hydrogen-bond acceptors (Lipinski definition) is 4. The fraction of sp³-hybridized carbons (Fsp3) is 0.400. The van der Waals surface area contributed by atoms with Crippen molar-refractivity contribution in [2.75, 3.05) is 5.01 Å². The summed E-state index contributed by atoms with van der Waals surface area (Å²) in [6.07, 6.45) is 0.926. The summed E-state index contributed by atoms with van der Waals surface area (Å²) in [6.45, 7) is 3.84. The van der Waals surface area contributed by atoms with E-state index in [0.29, 0.717) is 5.69 Å². The van der Waals surface area contributed by atoms with Gasteiger partial charge in [0.25, 0.3) is 5.91 Å². The van der Waals surface area contributed by atoms with E-state index in [4.69, 9.17) is 5.73 Å². The maximum atomic E-state index is 13.0. The minimum Gasteiger partial charge on any atom is -0.368 e. The summed E-state index contributed by atoms with van der Waals surface area (Å²) >= 11 is 0. The molecule has 0 radical (unpaired) electrons. The third-order valence-electron chi connectivity index (χ3n) is 3.58. The first-order valence-corrected chi connectivity index (χ1v) is 7.14. The molecule has 0 saturated heterocycles. The van der Waals surface area contributed by atoms with E-state index in [1.54, 1.807) is 0 Å². The van der Waals surface area contributed by atoms with Crippen LogP contribution in [0.1, 0.15) is 26.7 Å². The molecule has 0 bridgehead atoms. The minimum atomic E-state index is -0.747. The third kappa shape index (κ3) is 3.41. The van der Waals surface area contributed by atoms with Gasteiger partial charge in [-0.2, -0.15) is 5.10 Å². The zero-order chi connectivity index (χ0) is 16.3. The van der Waals surface area contributed by atoms with Crippen LogP contribution < -0.4 is 16.1 Å². The van der Waals surface area contributed by atoms with Crippen LogP contribution in [0.2, 0.25) is 0 Å². The van der Waals surface area contributed by atoms with Crippen LogP contribution in [0.25, 0.3) is 0 Å². The Morgan fingerprint density at radius 3 is 2.64 bits per heavy atom. The number of hydrogen-bond donors (Lipinski definition) is 2. The second kappa shape index (κ2) is 6.55. The number of nitrogens with zero attached hydrogens (tertiary/aromatic N) is 2. The minimum absolute atomic E-state index is 0.0158. The van der Waals surface area contributed by atoms with Gasteiger partial charge in [-0.1, -0.05) is 6.92 Å². The van der Waals surface area contributed by atoms with Crippen LogP contribution in [-0.2, 0) is 9.59 Å². The monoisotopic (exact) mass is 306 g/mol. The molecule has 0 fully saturated rings. The number of nitrogens with two attached hydrogens (primary N) is 1. The fourth-order valence-electron chi connectivity index (χ4n) is 2.11. The number of carbonyl (C=O) groups is 2. The molecule has 2 rings (SSSR count). The lowest BCUT2D eigenvalue weighted by molar-refractivity contribution is -0.119. The van der Waals surface area contributed by atoms with Gasteiger partial charge >= 0.3 is 0 Å². The highest BCUT2D eigenvalue weighted by Crippen LogP contribution is 2.24. The van der Waals surface area contributed by atoms with Crippen molar-refractivity contribution in [3.05, 3.63) is 30.1 Å². The first-order valence-electron chi connectivity index (χ1n) is 7.14. The largest absolute Gasteiger partial charge is 0.368 e. The van der Waals surface area contributed by atoms with Crippen LogP contribution in [0.3, 0.4) is 0 Å². The third-order valence-corrected chi connectivity index (χ3v) is 3.58. The first kappa shape index (κ1) is 15.9. The van der Waals surface area contributed by atoms with Crippen LogP contribution >= 0.6 is 0 Å². The number of benzene rings is 1. The Bertz CT molecular complexity index is 600. The quantitative estimate of drug-likeness (QED) is 0.855. The van der Waals surface area contributed by atoms with Gasteiger partial charge in [-0.3, -0.25) is 14.6 Å². The van der Waals surface area contributed by atoms with Gasteiger partial charge in [-0.05, 0) is 37.6 Å². The lowest BCUT2D eigenvalue weighted by atomic mass is 10.1. The molecule has 0 spiro atoms. The number of nitrogens with one attached hydrogen (secondary N) is 1. The molecule has 3 N–H and O–H groups in total. The Kier molecular flexibility index (Phi) is 4.75. The number of anilines is 1. The number of carbonyl (C=O) groups excluding carboxylic acids is 2. The van der Waals surface area contributed by atoms with E-state index in [1.807, 2.05) is 13.8 Å². The predicted molar refractivity (Wildman–Crippen MR) is 81.8 cm³/mol. The lowest BCUT2D eigenvalue weighted by Crippen LogP contribution is -2.40. The van der Waals surface area contributed by atoms with Gasteiger partial charge in [0.2, 0.25) is 5.91 Å². The Labute approximate surface area is 128 Å². The van der Waals surface area contributed by atoms with Crippen LogP contribution in [0.5, 0.6) is 0 Å². The molecule has 6 nitrogen and oxygen atoms in total. The molecule has 2 atom stereocenters. The molecule has 2 unspecified atom stereocenters. The molecule has 1 aromatic carbocycles. The van der Waals surface area contributed by atoms with Crippen molar-refractivity contribution < 1.29 is 14.0 Å². The first-order chi connectivity index (χ1) is 10.4. The SMILES string of the molecule is CCC(C)NC(=O)C1=NN(c2ccc(F)cc2)C(C(N)=O)C1. The Hall–Kier alpha value is -2.44. The Morgan fingerprint density at radius 1 is 1.45 bits per heavy atom. The normalized spacial score (nSPS) is 18.8. The standard InChI is InChI=1S/C15H19FN4O2/c1-3-9(2)18-15(22)12-8-13(14(17)21)20(19-12)11-6-4-10(16)5-7-11/h4-7,9,13H,3,8H2,1-2H3,(H2,17,21)(H,18,22). The van der Waals surface area contributed by atoms with Crippen molar-refractivity contribution in [3.63, 3.8) is 0 Å². The van der Waals surface area contributed by atoms with E-state index in [2.05, 4.69) is 10.4 Å². The summed E-state index contributed by atoms with van der Waals surface area (Å²) in [4.78, 5) is 23.7. The highest BCUT2D eigenvalue weighted by atomic mass is 19.1. The van der Waals surface area contributed by atoms with Crippen LogP contribution in [0, 0.1) is 5.82 Å². The zero-order valence-electron chi connectivity index (χ0n) is 12.5. The molecular formula is C15H19FN4O2. The molecule has 0 saturated carbocycles. The van der Waals surface area contributed by atoms with Crippen molar-refractivity contribution in [1.82, 2.24) is 5.32 Å². The molecule has 0 aliphatic carbocycles. The highest BCUT2D eigenvalue weighted by Gasteiger charge is 2.35. The molecule has 1 aliphatic rings. The lowest BCUT2D eigenvalue weighted by Gasteiger charge is -2.20. The average molecular weight is 306 g/mol. The zero-order valence-corrected chi connectivity index (χ0v) is 12.5. The van der Waals surface area contributed by atoms with Crippen molar-refractivity contribution in [2.45, 2.75) is 38.8 Å². The summed E-state index contributed by atoms with van der Waals surface area (Å²) in [5.74, 6) is -1.29. The van der Waals surface area contributed by atoms with Gasteiger partial charge in [0.1, 0.15) is 17.6 Å². The average Bonchev–Trinajstić information content (AvgIpc) is 2.93. The van der Waals surface area contributed by atoms with E-state index in [1.165, 1.54) is 29.3 Å². The van der Waals surface area contributed by atoms with E-state index in [0.717, 1.165) is 6.42 Å². The smallest absolute Gasteiger partial charge is 0.267 e. The Balaban J connectivity index is 2.23. The summed E-state index contributed by atoms with van der Waals surface area (Å²) in [5.41, 5.74) is 6.14. The molecule has 1 aromatic rings. The van der Waals surface area contributed by atoms with Gasteiger partial charge in [0.15, 0.2) is 0 Å². The molecule has 1 aliphatic heterocycles. The molecule has 0 aromatic heterocycles. The summed E-state index contributed by atoms with van der Waals surface area (Å²) in [7, 11) is 0. The summed E-state index contributed by atoms with van der Waals surface area (Å²) in [6, 6.07) is 4.78. The van der Waals surface area contributed by atoms with Crippen molar-refractivity contribution in [1.29, 1.82) is 0 Å². The molecule has 118 valence electrons. The Morgan fingerprint density at radius 2 is 2.09 bits per heavy atom. The number of hydrazone groups is 1. The van der Waals surface area contributed by atoms with Gasteiger partial charge in [-0.15, -0.1) is 0 Å². The molecule has 2 amide bonds. The van der Waals surface area contributed by atoms with Gasteiger partial charge in [0, 0.05) is 12.5 Å². The number of amides is 2. The second-order valence-corrected chi connectivity index (χ2v) is 5.27. The maximum Gasteiger partial charge on any atom is 0.267 e. The fourth-order valence-corrected chi connectivity index (χ4v) is 2.11. The van der Waals surface area contributed by atoms with Crippen molar-refractivity contribution in [3.8, 4) is 0 Å². The second-order valence-electron chi connectivity index (χ2n) is 5.27. The van der Waals surface area contributed by atoms with Crippen molar-refractivity contribution >= 4 is 23.2 Å². The van der Waals surface area contributed by atoms with Gasteiger partial charge in [0.05, 0.1) is 5.69 Å². The molecule has 1 heterocycles. The van der Waals surface area contributed by atoms with Gasteiger partial charge < -0.3 is 11.1 Å². The number of primary amides is 1. The van der Waals surface area contributed by atoms with E-state index < -0.39 is 17.8 Å². The molecule has 7 heteroatoms. The van der Waals surface area contributed by atoms with Crippen LogP contribution in [0.4, 0.5) is 10.1 Å². The number of halogens is 1. The number of rotatable bonds is 5. The maximum absolute atomic E-state index is 13.0. The van der Waals surface area contributed by atoms with E-state index in [9.17, 15) is 14.0 Å². The molecule has 22 heavy (non-hydrogen) atoms. The van der Waals surface area contributed by atoms with Crippen molar-refractivity contribution in [2.24, 2.45) is 10.8 Å². The predicted octanol–water partition coefficient (Wildman–Crippen LogP) is 1.16. The topological polar surface area (TPSA) is 87.8 Å². The van der Waals surface area contributed by atoms with E-state index >= 15 is 0 Å². The van der Waals surface area contributed by atoms with Crippen LogP contribution in [0.15, 0.2) is 29.4 Å². The van der Waals surface area contributed by atoms with Crippen LogP contribution in [-0.4, -0.2) is 29.6 Å². The summed E-state index contributed by atoms with van der Waals surface area (Å²) < 4.78 is 13.0. The molecular weight excluding hydrogens is 287 g/mol. The highest BCUT2D eigenvalue weighted by molar-refractivity contribution is 6.40. The van der Waals surface area contributed by atoms with Gasteiger partial charge in [-0.25, -0.2) is 4.39 Å².